The normalized spacial score (nSPS) is 22.4. The van der Waals surface area contributed by atoms with Crippen LogP contribution in [0.25, 0.3) is 0 Å². The summed E-state index contributed by atoms with van der Waals surface area (Å²) in [6.45, 7) is 1.11. The average Bonchev–Trinajstić information content (AvgIpc) is 2.83. The molecule has 19 heavy (non-hydrogen) atoms. The first kappa shape index (κ1) is 13.8. The standard InChI is InChI=1S/C14H20N2O3/c15-12-4-1-11(2-5-12)3-6-13(17)16-9-14(18)7-8-19-10-14/h1-2,4-5,18H,3,6-10,15H2,(H,16,17). The van der Waals surface area contributed by atoms with E-state index in [1.165, 1.54) is 0 Å². The number of hydrogen-bond acceptors (Lipinski definition) is 4. The fourth-order valence-corrected chi connectivity index (χ4v) is 2.03. The summed E-state index contributed by atoms with van der Waals surface area (Å²) in [5.74, 6) is -0.0582. The minimum Gasteiger partial charge on any atom is -0.399 e. The van der Waals surface area contributed by atoms with Crippen LogP contribution in [0, 0.1) is 0 Å². The molecule has 0 bridgehead atoms. The van der Waals surface area contributed by atoms with E-state index in [0.717, 1.165) is 11.3 Å². The van der Waals surface area contributed by atoms with Gasteiger partial charge < -0.3 is 20.9 Å². The van der Waals surface area contributed by atoms with Gasteiger partial charge in [-0.05, 0) is 24.1 Å². The Morgan fingerprint density at radius 2 is 2.16 bits per heavy atom. The molecule has 1 heterocycles. The second kappa shape index (κ2) is 6.04. The fraction of sp³-hybridized carbons (Fsp3) is 0.500. The van der Waals surface area contributed by atoms with Crippen molar-refractivity contribution < 1.29 is 14.6 Å². The number of nitrogens with one attached hydrogen (secondary N) is 1. The van der Waals surface area contributed by atoms with Crippen molar-refractivity contribution in [1.82, 2.24) is 5.32 Å². The smallest absolute Gasteiger partial charge is 0.220 e. The van der Waals surface area contributed by atoms with Gasteiger partial charge in [-0.3, -0.25) is 4.79 Å². The van der Waals surface area contributed by atoms with Gasteiger partial charge in [0, 0.05) is 31.7 Å². The third-order valence-electron chi connectivity index (χ3n) is 3.32. The second-order valence-electron chi connectivity index (χ2n) is 5.05. The highest BCUT2D eigenvalue weighted by molar-refractivity contribution is 5.76. The molecule has 0 spiro atoms. The summed E-state index contributed by atoms with van der Waals surface area (Å²) in [4.78, 5) is 11.7. The lowest BCUT2D eigenvalue weighted by atomic mass is 10.0. The number of nitrogens with two attached hydrogens (primary N) is 1. The molecule has 1 saturated heterocycles. The van der Waals surface area contributed by atoms with Gasteiger partial charge in [0.05, 0.1) is 6.61 Å². The Bertz CT molecular complexity index is 425. The Balaban J connectivity index is 1.71. The number of amides is 1. The minimum atomic E-state index is -0.892. The molecular formula is C14H20N2O3. The molecule has 1 aliphatic rings. The number of rotatable bonds is 5. The summed E-state index contributed by atoms with van der Waals surface area (Å²) in [6.07, 6.45) is 1.65. The van der Waals surface area contributed by atoms with Crippen LogP contribution >= 0.6 is 0 Å². The molecule has 0 radical (unpaired) electrons. The first-order chi connectivity index (χ1) is 9.07. The van der Waals surface area contributed by atoms with Gasteiger partial charge in [-0.1, -0.05) is 12.1 Å². The van der Waals surface area contributed by atoms with Crippen LogP contribution in [0.15, 0.2) is 24.3 Å². The summed E-state index contributed by atoms with van der Waals surface area (Å²) < 4.78 is 5.12. The first-order valence-corrected chi connectivity index (χ1v) is 6.49. The Kier molecular flexibility index (Phi) is 4.39. The van der Waals surface area contributed by atoms with Gasteiger partial charge in [-0.15, -0.1) is 0 Å². The molecule has 1 amide bonds. The molecule has 4 N–H and O–H groups in total. The number of ether oxygens (including phenoxy) is 1. The Morgan fingerprint density at radius 3 is 2.79 bits per heavy atom. The number of carbonyl (C=O) groups is 1. The zero-order chi connectivity index (χ0) is 13.7. The van der Waals surface area contributed by atoms with Crippen LogP contribution in [0.3, 0.4) is 0 Å². The van der Waals surface area contributed by atoms with E-state index in [1.807, 2.05) is 24.3 Å². The maximum Gasteiger partial charge on any atom is 0.220 e. The third kappa shape index (κ3) is 4.22. The van der Waals surface area contributed by atoms with Crippen molar-refractivity contribution in [3.8, 4) is 0 Å². The molecule has 2 rings (SSSR count). The molecule has 5 nitrogen and oxygen atoms in total. The maximum absolute atomic E-state index is 11.7. The van der Waals surface area contributed by atoms with E-state index in [-0.39, 0.29) is 12.5 Å². The van der Waals surface area contributed by atoms with Crippen molar-refractivity contribution in [2.24, 2.45) is 0 Å². The molecule has 1 atom stereocenters. The van der Waals surface area contributed by atoms with Gasteiger partial charge in [-0.2, -0.15) is 0 Å². The number of anilines is 1. The van der Waals surface area contributed by atoms with Gasteiger partial charge in [-0.25, -0.2) is 0 Å². The highest BCUT2D eigenvalue weighted by Gasteiger charge is 2.32. The Morgan fingerprint density at radius 1 is 1.42 bits per heavy atom. The maximum atomic E-state index is 11.7. The predicted octanol–water partition coefficient (Wildman–Crippen LogP) is 0.469. The summed E-state index contributed by atoms with van der Waals surface area (Å²) >= 11 is 0. The van der Waals surface area contributed by atoms with E-state index in [0.29, 0.717) is 32.5 Å². The van der Waals surface area contributed by atoms with E-state index in [2.05, 4.69) is 5.32 Å². The SMILES string of the molecule is Nc1ccc(CCC(=O)NCC2(O)CCOC2)cc1. The lowest BCUT2D eigenvalue weighted by Crippen LogP contribution is -2.43. The van der Waals surface area contributed by atoms with Crippen molar-refractivity contribution in [3.05, 3.63) is 29.8 Å². The van der Waals surface area contributed by atoms with Crippen LogP contribution in [0.1, 0.15) is 18.4 Å². The molecular weight excluding hydrogens is 244 g/mol. The molecule has 5 heteroatoms. The molecule has 1 aromatic rings. The molecule has 0 saturated carbocycles. The van der Waals surface area contributed by atoms with Gasteiger partial charge in [0.1, 0.15) is 5.60 Å². The summed E-state index contributed by atoms with van der Waals surface area (Å²) in [5, 5.41) is 12.8. The lowest BCUT2D eigenvalue weighted by Gasteiger charge is -2.20. The van der Waals surface area contributed by atoms with E-state index < -0.39 is 5.60 Å². The van der Waals surface area contributed by atoms with E-state index in [1.54, 1.807) is 0 Å². The fourth-order valence-electron chi connectivity index (χ4n) is 2.03. The number of aliphatic hydroxyl groups is 1. The highest BCUT2D eigenvalue weighted by Crippen LogP contribution is 2.17. The quantitative estimate of drug-likeness (QED) is 0.675. The van der Waals surface area contributed by atoms with Crippen molar-refractivity contribution in [3.63, 3.8) is 0 Å². The summed E-state index contributed by atoms with van der Waals surface area (Å²) in [5.41, 5.74) is 6.50. The number of nitrogen functional groups attached to an aromatic ring is 1. The van der Waals surface area contributed by atoms with Crippen LogP contribution in [0.4, 0.5) is 5.69 Å². The van der Waals surface area contributed by atoms with Crippen molar-refractivity contribution in [2.45, 2.75) is 24.9 Å². The van der Waals surface area contributed by atoms with Crippen LogP contribution < -0.4 is 11.1 Å². The van der Waals surface area contributed by atoms with Crippen LogP contribution in [0.2, 0.25) is 0 Å². The monoisotopic (exact) mass is 264 g/mol. The van der Waals surface area contributed by atoms with E-state index in [9.17, 15) is 9.90 Å². The van der Waals surface area contributed by atoms with Crippen molar-refractivity contribution in [2.75, 3.05) is 25.5 Å². The predicted molar refractivity (Wildman–Crippen MR) is 72.6 cm³/mol. The largest absolute Gasteiger partial charge is 0.399 e. The highest BCUT2D eigenvalue weighted by atomic mass is 16.5. The molecule has 104 valence electrons. The van der Waals surface area contributed by atoms with Gasteiger partial charge >= 0.3 is 0 Å². The van der Waals surface area contributed by atoms with Gasteiger partial charge in [0.25, 0.3) is 0 Å². The second-order valence-corrected chi connectivity index (χ2v) is 5.05. The number of hydrogen-bond donors (Lipinski definition) is 3. The van der Waals surface area contributed by atoms with Gasteiger partial charge in [0.15, 0.2) is 0 Å². The third-order valence-corrected chi connectivity index (χ3v) is 3.32. The zero-order valence-electron chi connectivity index (χ0n) is 10.9. The Hall–Kier alpha value is -1.59. The Labute approximate surface area is 112 Å². The van der Waals surface area contributed by atoms with E-state index >= 15 is 0 Å². The topological polar surface area (TPSA) is 84.6 Å². The molecule has 1 fully saturated rings. The number of aryl methyl sites for hydroxylation is 1. The molecule has 0 aliphatic carbocycles. The lowest BCUT2D eigenvalue weighted by molar-refractivity contribution is -0.122. The average molecular weight is 264 g/mol. The summed E-state index contributed by atoms with van der Waals surface area (Å²) in [6, 6.07) is 7.49. The molecule has 1 aromatic carbocycles. The number of benzene rings is 1. The number of carbonyl (C=O) groups excluding carboxylic acids is 1. The minimum absolute atomic E-state index is 0.0582. The van der Waals surface area contributed by atoms with Gasteiger partial charge in [0.2, 0.25) is 5.91 Å². The van der Waals surface area contributed by atoms with Crippen LogP contribution in [-0.4, -0.2) is 36.4 Å². The molecule has 1 aliphatic heterocycles. The molecule has 0 aromatic heterocycles. The molecule has 1 unspecified atom stereocenters. The van der Waals surface area contributed by atoms with Crippen LogP contribution in [-0.2, 0) is 16.0 Å². The van der Waals surface area contributed by atoms with Crippen molar-refractivity contribution >= 4 is 11.6 Å². The first-order valence-electron chi connectivity index (χ1n) is 6.49. The van der Waals surface area contributed by atoms with Crippen molar-refractivity contribution in [1.29, 1.82) is 0 Å². The zero-order valence-corrected chi connectivity index (χ0v) is 10.9. The van der Waals surface area contributed by atoms with E-state index in [4.69, 9.17) is 10.5 Å². The van der Waals surface area contributed by atoms with Crippen LogP contribution in [0.5, 0.6) is 0 Å². The summed E-state index contributed by atoms with van der Waals surface area (Å²) in [7, 11) is 0.